The number of hydrogen-bond acceptors (Lipinski definition) is 5. The molecule has 0 amide bonds. The number of aromatic nitrogens is 2. The molecule has 118 valence electrons. The SMILES string of the molecule is CNc1nc(NCCc2ccc(OC)cc2)nc2ccccc12. The van der Waals surface area contributed by atoms with Crippen LogP contribution >= 0.6 is 0 Å². The van der Waals surface area contributed by atoms with Crippen LogP contribution in [0.2, 0.25) is 0 Å². The molecule has 0 unspecified atom stereocenters. The molecule has 0 saturated carbocycles. The third-order valence-electron chi connectivity index (χ3n) is 3.70. The van der Waals surface area contributed by atoms with Crippen molar-refractivity contribution in [3.8, 4) is 5.75 Å². The molecule has 23 heavy (non-hydrogen) atoms. The third-order valence-corrected chi connectivity index (χ3v) is 3.70. The van der Waals surface area contributed by atoms with Crippen molar-refractivity contribution in [2.45, 2.75) is 6.42 Å². The van der Waals surface area contributed by atoms with Crippen molar-refractivity contribution in [2.24, 2.45) is 0 Å². The van der Waals surface area contributed by atoms with Crippen molar-refractivity contribution >= 4 is 22.7 Å². The number of rotatable bonds is 6. The summed E-state index contributed by atoms with van der Waals surface area (Å²) in [5, 5.41) is 7.45. The van der Waals surface area contributed by atoms with E-state index in [9.17, 15) is 0 Å². The Kier molecular flexibility index (Phi) is 4.57. The Morgan fingerprint density at radius 1 is 1.00 bits per heavy atom. The molecule has 0 bridgehead atoms. The molecule has 3 rings (SSSR count). The van der Waals surface area contributed by atoms with Crippen LogP contribution < -0.4 is 15.4 Å². The molecular weight excluding hydrogens is 288 g/mol. The lowest BCUT2D eigenvalue weighted by Crippen LogP contribution is -2.09. The zero-order chi connectivity index (χ0) is 16.1. The molecule has 1 aromatic heterocycles. The molecule has 5 heteroatoms. The van der Waals surface area contributed by atoms with Gasteiger partial charge in [-0.25, -0.2) is 4.98 Å². The Morgan fingerprint density at radius 3 is 2.52 bits per heavy atom. The highest BCUT2D eigenvalue weighted by Gasteiger charge is 2.05. The molecule has 0 aliphatic rings. The molecule has 0 fully saturated rings. The molecule has 0 aliphatic carbocycles. The fraction of sp³-hybridized carbons (Fsp3) is 0.222. The van der Waals surface area contributed by atoms with Gasteiger partial charge in [-0.15, -0.1) is 0 Å². The fourth-order valence-electron chi connectivity index (χ4n) is 2.46. The Morgan fingerprint density at radius 2 is 1.78 bits per heavy atom. The molecule has 3 aromatic rings. The molecule has 0 saturated heterocycles. The van der Waals surface area contributed by atoms with E-state index in [2.05, 4.69) is 32.7 Å². The lowest BCUT2D eigenvalue weighted by atomic mass is 10.1. The van der Waals surface area contributed by atoms with E-state index >= 15 is 0 Å². The second-order valence-electron chi connectivity index (χ2n) is 5.19. The molecule has 1 heterocycles. The number of benzene rings is 2. The van der Waals surface area contributed by atoms with Gasteiger partial charge in [0.1, 0.15) is 11.6 Å². The lowest BCUT2D eigenvalue weighted by Gasteiger charge is -2.10. The van der Waals surface area contributed by atoms with Gasteiger partial charge in [-0.05, 0) is 36.2 Å². The summed E-state index contributed by atoms with van der Waals surface area (Å²) in [7, 11) is 3.54. The number of anilines is 2. The average molecular weight is 308 g/mol. The van der Waals surface area contributed by atoms with Gasteiger partial charge in [-0.3, -0.25) is 0 Å². The number of fused-ring (bicyclic) bond motifs is 1. The summed E-state index contributed by atoms with van der Waals surface area (Å²) in [6.07, 6.45) is 0.898. The van der Waals surface area contributed by atoms with Gasteiger partial charge in [-0.2, -0.15) is 4.98 Å². The fourth-order valence-corrected chi connectivity index (χ4v) is 2.46. The molecule has 0 spiro atoms. The summed E-state index contributed by atoms with van der Waals surface area (Å²) < 4.78 is 5.17. The minimum Gasteiger partial charge on any atom is -0.497 e. The van der Waals surface area contributed by atoms with E-state index < -0.39 is 0 Å². The van der Waals surface area contributed by atoms with Crippen molar-refractivity contribution in [1.29, 1.82) is 0 Å². The van der Waals surface area contributed by atoms with Gasteiger partial charge < -0.3 is 15.4 Å². The van der Waals surface area contributed by atoms with E-state index in [-0.39, 0.29) is 0 Å². The second-order valence-corrected chi connectivity index (χ2v) is 5.19. The zero-order valence-electron chi connectivity index (χ0n) is 13.3. The summed E-state index contributed by atoms with van der Waals surface area (Å²) in [6, 6.07) is 16.1. The van der Waals surface area contributed by atoms with Gasteiger partial charge in [0, 0.05) is 19.0 Å². The quantitative estimate of drug-likeness (QED) is 0.731. The zero-order valence-corrected chi connectivity index (χ0v) is 13.3. The Balaban J connectivity index is 1.69. The van der Waals surface area contributed by atoms with Gasteiger partial charge in [0.25, 0.3) is 0 Å². The van der Waals surface area contributed by atoms with Crippen molar-refractivity contribution in [3.63, 3.8) is 0 Å². The molecule has 5 nitrogen and oxygen atoms in total. The van der Waals surface area contributed by atoms with Gasteiger partial charge >= 0.3 is 0 Å². The van der Waals surface area contributed by atoms with Crippen molar-refractivity contribution < 1.29 is 4.74 Å². The molecule has 2 aromatic carbocycles. The lowest BCUT2D eigenvalue weighted by molar-refractivity contribution is 0.414. The van der Waals surface area contributed by atoms with E-state index in [0.717, 1.165) is 35.4 Å². The molecular formula is C18H20N4O. The maximum absolute atomic E-state index is 5.17. The van der Waals surface area contributed by atoms with Gasteiger partial charge in [0.05, 0.1) is 12.6 Å². The third kappa shape index (κ3) is 3.51. The summed E-state index contributed by atoms with van der Waals surface area (Å²) >= 11 is 0. The first kappa shape index (κ1) is 15.1. The standard InChI is InChI=1S/C18H20N4O/c1-19-17-15-5-3-4-6-16(15)21-18(22-17)20-12-11-13-7-9-14(23-2)10-8-13/h3-10H,11-12H2,1-2H3,(H2,19,20,21,22). The highest BCUT2D eigenvalue weighted by Crippen LogP contribution is 2.21. The Hall–Kier alpha value is -2.82. The van der Waals surface area contributed by atoms with Crippen LogP contribution in [0.15, 0.2) is 48.5 Å². The second kappa shape index (κ2) is 6.96. The molecule has 2 N–H and O–H groups in total. The van der Waals surface area contributed by atoms with Crippen LogP contribution in [0.3, 0.4) is 0 Å². The van der Waals surface area contributed by atoms with Crippen LogP contribution in [0.4, 0.5) is 11.8 Å². The maximum Gasteiger partial charge on any atom is 0.225 e. The van der Waals surface area contributed by atoms with Gasteiger partial charge in [0.2, 0.25) is 5.95 Å². The molecule has 0 aliphatic heterocycles. The number of nitrogens with zero attached hydrogens (tertiary/aromatic N) is 2. The van der Waals surface area contributed by atoms with Crippen LogP contribution in [0.25, 0.3) is 10.9 Å². The summed E-state index contributed by atoms with van der Waals surface area (Å²) in [6.45, 7) is 0.772. The number of methoxy groups -OCH3 is 1. The van der Waals surface area contributed by atoms with Crippen LogP contribution in [-0.2, 0) is 6.42 Å². The first-order chi connectivity index (χ1) is 11.3. The largest absolute Gasteiger partial charge is 0.497 e. The minimum absolute atomic E-state index is 0.640. The Labute approximate surface area is 135 Å². The monoisotopic (exact) mass is 308 g/mol. The maximum atomic E-state index is 5.17. The van der Waals surface area contributed by atoms with Crippen LogP contribution in [0.5, 0.6) is 5.75 Å². The van der Waals surface area contributed by atoms with Crippen molar-refractivity contribution in [2.75, 3.05) is 31.3 Å². The van der Waals surface area contributed by atoms with Crippen LogP contribution in [0, 0.1) is 0 Å². The minimum atomic E-state index is 0.640. The normalized spacial score (nSPS) is 10.5. The summed E-state index contributed by atoms with van der Waals surface area (Å²) in [5.74, 6) is 2.35. The van der Waals surface area contributed by atoms with Gasteiger partial charge in [-0.1, -0.05) is 24.3 Å². The summed E-state index contributed by atoms with van der Waals surface area (Å²) in [5.41, 5.74) is 2.17. The van der Waals surface area contributed by atoms with Gasteiger partial charge in [0.15, 0.2) is 0 Å². The predicted molar refractivity (Wildman–Crippen MR) is 94.3 cm³/mol. The van der Waals surface area contributed by atoms with E-state index in [1.165, 1.54) is 5.56 Å². The molecule has 0 atom stereocenters. The van der Waals surface area contributed by atoms with E-state index in [1.807, 2.05) is 43.4 Å². The molecule has 0 radical (unpaired) electrons. The van der Waals surface area contributed by atoms with Crippen LogP contribution in [-0.4, -0.2) is 30.7 Å². The smallest absolute Gasteiger partial charge is 0.225 e. The van der Waals surface area contributed by atoms with E-state index in [4.69, 9.17) is 4.74 Å². The van der Waals surface area contributed by atoms with Crippen molar-refractivity contribution in [3.05, 3.63) is 54.1 Å². The topological polar surface area (TPSA) is 59.1 Å². The number of ether oxygens (including phenoxy) is 1. The highest BCUT2D eigenvalue weighted by molar-refractivity contribution is 5.89. The number of para-hydroxylation sites is 1. The van der Waals surface area contributed by atoms with Crippen LogP contribution in [0.1, 0.15) is 5.56 Å². The predicted octanol–water partition coefficient (Wildman–Crippen LogP) is 3.33. The highest BCUT2D eigenvalue weighted by atomic mass is 16.5. The van der Waals surface area contributed by atoms with Crippen molar-refractivity contribution in [1.82, 2.24) is 9.97 Å². The first-order valence-corrected chi connectivity index (χ1v) is 7.61. The average Bonchev–Trinajstić information content (AvgIpc) is 2.61. The van der Waals surface area contributed by atoms with E-state index in [1.54, 1.807) is 7.11 Å². The summed E-state index contributed by atoms with van der Waals surface area (Å²) in [4.78, 5) is 9.08. The number of nitrogens with one attached hydrogen (secondary N) is 2. The van der Waals surface area contributed by atoms with E-state index in [0.29, 0.717) is 5.95 Å². The first-order valence-electron chi connectivity index (χ1n) is 7.61. The Bertz CT molecular complexity index is 787. The number of hydrogen-bond donors (Lipinski definition) is 2.